The summed E-state index contributed by atoms with van der Waals surface area (Å²) < 4.78 is 17.5. The normalized spacial score (nSPS) is 16.1. The molecule has 27 heavy (non-hydrogen) atoms. The van der Waals surface area contributed by atoms with Gasteiger partial charge in [-0.3, -0.25) is 9.36 Å². The summed E-state index contributed by atoms with van der Waals surface area (Å²) in [4.78, 5) is 12.4. The number of rotatable bonds is 5. The second kappa shape index (κ2) is 8.48. The highest BCUT2D eigenvalue weighted by atomic mass is 35.5. The summed E-state index contributed by atoms with van der Waals surface area (Å²) in [5.41, 5.74) is 2.90. The SMILES string of the molecule is Cc1ccc(Nc2c(NS(=O)C3CCCCC3)cc(C)c(=O)n2C)c(Cl)c1. The van der Waals surface area contributed by atoms with Crippen LogP contribution in [0.2, 0.25) is 5.02 Å². The average molecular weight is 408 g/mol. The number of pyridine rings is 1. The Morgan fingerprint density at radius 2 is 1.81 bits per heavy atom. The molecule has 0 spiro atoms. The number of aromatic nitrogens is 1. The van der Waals surface area contributed by atoms with Crippen LogP contribution in [0.5, 0.6) is 0 Å². The molecule has 1 saturated carbocycles. The third-order valence-corrected chi connectivity index (χ3v) is 6.85. The van der Waals surface area contributed by atoms with Crippen LogP contribution < -0.4 is 15.6 Å². The van der Waals surface area contributed by atoms with E-state index in [0.717, 1.165) is 31.2 Å². The Morgan fingerprint density at radius 3 is 2.48 bits per heavy atom. The Morgan fingerprint density at radius 1 is 1.11 bits per heavy atom. The lowest BCUT2D eigenvalue weighted by atomic mass is 10.0. The minimum absolute atomic E-state index is 0.102. The van der Waals surface area contributed by atoms with Gasteiger partial charge in [-0.1, -0.05) is 36.9 Å². The topological polar surface area (TPSA) is 63.1 Å². The molecule has 146 valence electrons. The highest BCUT2D eigenvalue weighted by Gasteiger charge is 2.22. The third kappa shape index (κ3) is 4.55. The van der Waals surface area contributed by atoms with Crippen molar-refractivity contribution in [3.8, 4) is 0 Å². The molecule has 1 heterocycles. The molecule has 1 unspecified atom stereocenters. The predicted molar refractivity (Wildman–Crippen MR) is 115 cm³/mol. The lowest BCUT2D eigenvalue weighted by molar-refractivity contribution is 0.506. The second-order valence-electron chi connectivity index (χ2n) is 7.22. The predicted octanol–water partition coefficient (Wildman–Crippen LogP) is 4.81. The Bertz CT molecular complexity index is 920. The average Bonchev–Trinajstić information content (AvgIpc) is 2.65. The van der Waals surface area contributed by atoms with E-state index in [1.54, 1.807) is 20.0 Å². The molecule has 3 rings (SSSR count). The molecule has 1 fully saturated rings. The van der Waals surface area contributed by atoms with Gasteiger partial charge >= 0.3 is 0 Å². The molecule has 1 aliphatic rings. The van der Waals surface area contributed by atoms with Crippen LogP contribution in [0.15, 0.2) is 29.1 Å². The van der Waals surface area contributed by atoms with Crippen molar-refractivity contribution in [2.45, 2.75) is 51.2 Å². The lowest BCUT2D eigenvalue weighted by Crippen LogP contribution is -2.27. The van der Waals surface area contributed by atoms with E-state index < -0.39 is 11.0 Å². The second-order valence-corrected chi connectivity index (χ2v) is 9.09. The summed E-state index contributed by atoms with van der Waals surface area (Å²) >= 11 is 6.35. The largest absolute Gasteiger partial charge is 0.339 e. The minimum atomic E-state index is -1.20. The number of hydrogen-bond donors (Lipinski definition) is 2. The highest BCUT2D eigenvalue weighted by molar-refractivity contribution is 7.87. The van der Waals surface area contributed by atoms with E-state index in [1.807, 2.05) is 25.1 Å². The first-order valence-electron chi connectivity index (χ1n) is 9.28. The Balaban J connectivity index is 1.95. The van der Waals surface area contributed by atoms with Crippen LogP contribution in [0.4, 0.5) is 17.2 Å². The maximum atomic E-state index is 12.9. The third-order valence-electron chi connectivity index (χ3n) is 5.04. The molecule has 7 heteroatoms. The van der Waals surface area contributed by atoms with Crippen molar-refractivity contribution in [1.29, 1.82) is 0 Å². The molecule has 1 aromatic carbocycles. The number of benzene rings is 1. The lowest BCUT2D eigenvalue weighted by Gasteiger charge is -2.23. The molecular formula is C20H26ClN3O2S. The van der Waals surface area contributed by atoms with Crippen molar-refractivity contribution in [1.82, 2.24) is 4.57 Å². The molecular weight excluding hydrogens is 382 g/mol. The molecule has 1 aliphatic carbocycles. The fourth-order valence-corrected chi connectivity index (χ4v) is 5.03. The first-order valence-corrected chi connectivity index (χ1v) is 10.9. The van der Waals surface area contributed by atoms with Crippen LogP contribution in [-0.4, -0.2) is 14.0 Å². The minimum Gasteiger partial charge on any atom is -0.339 e. The van der Waals surface area contributed by atoms with Gasteiger partial charge in [-0.2, -0.15) is 0 Å². The molecule has 5 nitrogen and oxygen atoms in total. The van der Waals surface area contributed by atoms with Crippen molar-refractivity contribution in [2.75, 3.05) is 10.0 Å². The van der Waals surface area contributed by atoms with E-state index in [0.29, 0.717) is 27.8 Å². The zero-order valence-corrected chi connectivity index (χ0v) is 17.5. The summed E-state index contributed by atoms with van der Waals surface area (Å²) in [6.45, 7) is 3.73. The van der Waals surface area contributed by atoms with Crippen LogP contribution >= 0.6 is 11.6 Å². The first kappa shape index (κ1) is 20.0. The number of nitrogens with one attached hydrogen (secondary N) is 2. The molecule has 2 N–H and O–H groups in total. The van der Waals surface area contributed by atoms with Gasteiger partial charge in [0.2, 0.25) is 0 Å². The zero-order valence-electron chi connectivity index (χ0n) is 16.0. The number of anilines is 3. The number of hydrogen-bond acceptors (Lipinski definition) is 3. The zero-order chi connectivity index (χ0) is 19.6. The van der Waals surface area contributed by atoms with Crippen LogP contribution in [-0.2, 0) is 18.0 Å². The number of nitrogens with zero attached hydrogens (tertiary/aromatic N) is 1. The van der Waals surface area contributed by atoms with E-state index in [9.17, 15) is 9.00 Å². The van der Waals surface area contributed by atoms with Gasteiger partial charge in [0.1, 0.15) is 16.8 Å². The van der Waals surface area contributed by atoms with Gasteiger partial charge in [0.15, 0.2) is 0 Å². The molecule has 1 aromatic heterocycles. The molecule has 2 aromatic rings. The quantitative estimate of drug-likeness (QED) is 0.747. The van der Waals surface area contributed by atoms with Gasteiger partial charge in [-0.05, 0) is 50.5 Å². The van der Waals surface area contributed by atoms with Gasteiger partial charge in [0, 0.05) is 12.6 Å². The molecule has 1 atom stereocenters. The van der Waals surface area contributed by atoms with Crippen molar-refractivity contribution < 1.29 is 4.21 Å². The van der Waals surface area contributed by atoms with Crippen molar-refractivity contribution in [2.24, 2.45) is 7.05 Å². The van der Waals surface area contributed by atoms with Crippen LogP contribution in [0.1, 0.15) is 43.2 Å². The van der Waals surface area contributed by atoms with E-state index in [2.05, 4.69) is 10.0 Å². The van der Waals surface area contributed by atoms with Gasteiger partial charge < -0.3 is 10.0 Å². The van der Waals surface area contributed by atoms with E-state index in [1.165, 1.54) is 11.0 Å². The number of halogens is 1. The maximum absolute atomic E-state index is 12.9. The van der Waals surface area contributed by atoms with Crippen molar-refractivity contribution >= 4 is 39.8 Å². The smallest absolute Gasteiger partial charge is 0.254 e. The molecule has 0 saturated heterocycles. The van der Waals surface area contributed by atoms with E-state index in [-0.39, 0.29) is 10.8 Å². The maximum Gasteiger partial charge on any atom is 0.254 e. The summed E-state index contributed by atoms with van der Waals surface area (Å²) in [6.07, 6.45) is 5.39. The Kier molecular flexibility index (Phi) is 6.27. The molecule has 0 aliphatic heterocycles. The Labute approximate surface area is 167 Å². The summed E-state index contributed by atoms with van der Waals surface area (Å²) in [6, 6.07) is 7.45. The van der Waals surface area contributed by atoms with Gasteiger partial charge in [0.05, 0.1) is 21.6 Å². The molecule has 0 amide bonds. The van der Waals surface area contributed by atoms with Gasteiger partial charge in [-0.25, -0.2) is 4.21 Å². The van der Waals surface area contributed by atoms with Crippen LogP contribution in [0, 0.1) is 13.8 Å². The van der Waals surface area contributed by atoms with E-state index >= 15 is 0 Å². The highest BCUT2D eigenvalue weighted by Crippen LogP contribution is 2.31. The van der Waals surface area contributed by atoms with Gasteiger partial charge in [-0.15, -0.1) is 0 Å². The van der Waals surface area contributed by atoms with Crippen molar-refractivity contribution in [3.63, 3.8) is 0 Å². The fourth-order valence-electron chi connectivity index (χ4n) is 3.44. The van der Waals surface area contributed by atoms with Gasteiger partial charge in [0.25, 0.3) is 5.56 Å². The standard InChI is InChI=1S/C20H26ClN3O2S/c1-13-9-10-17(16(21)11-13)22-19-18(12-14(2)20(25)24(19)3)23-27(26)15-7-5-4-6-8-15/h9-12,15,22-23H,4-8H2,1-3H3. The summed E-state index contributed by atoms with van der Waals surface area (Å²) in [7, 11) is 0.507. The van der Waals surface area contributed by atoms with Crippen molar-refractivity contribution in [3.05, 3.63) is 50.8 Å². The molecule has 0 bridgehead atoms. The number of aryl methyl sites for hydroxylation is 2. The Hall–Kier alpha value is -1.79. The first-order chi connectivity index (χ1) is 12.9. The van der Waals surface area contributed by atoms with Crippen LogP contribution in [0.25, 0.3) is 0 Å². The molecule has 0 radical (unpaired) electrons. The fraction of sp³-hybridized carbons (Fsp3) is 0.450. The monoisotopic (exact) mass is 407 g/mol. The van der Waals surface area contributed by atoms with E-state index in [4.69, 9.17) is 11.6 Å². The van der Waals surface area contributed by atoms with Crippen LogP contribution in [0.3, 0.4) is 0 Å². The summed E-state index contributed by atoms with van der Waals surface area (Å²) in [5.74, 6) is 0.556. The summed E-state index contributed by atoms with van der Waals surface area (Å²) in [5, 5.41) is 3.96.